The van der Waals surface area contributed by atoms with E-state index in [1.807, 2.05) is 20.8 Å². The van der Waals surface area contributed by atoms with E-state index in [0.717, 1.165) is 25.7 Å². The number of aliphatic hydroxyl groups is 2. The molecule has 0 aromatic carbocycles. The van der Waals surface area contributed by atoms with Crippen LogP contribution in [0.3, 0.4) is 0 Å². The second-order valence-electron chi connectivity index (χ2n) is 11.3. The van der Waals surface area contributed by atoms with Crippen molar-refractivity contribution in [1.29, 1.82) is 0 Å². The van der Waals surface area contributed by atoms with E-state index in [4.69, 9.17) is 20.9 Å². The molecule has 0 unspecified atom stereocenters. The third-order valence-electron chi connectivity index (χ3n) is 7.36. The first-order chi connectivity index (χ1) is 17.4. The van der Waals surface area contributed by atoms with E-state index in [0.29, 0.717) is 23.7 Å². The highest BCUT2D eigenvalue weighted by Gasteiger charge is 2.53. The Hall–Kier alpha value is -2.60. The molecule has 3 rings (SSSR count). The number of carbonyl (C=O) groups excluding carboxylic acids is 2. The number of rotatable bonds is 7. The number of esters is 1. The summed E-state index contributed by atoms with van der Waals surface area (Å²) in [4.78, 5) is 35.1. The fraction of sp³-hybridized carbons (Fsp3) is 0.692. The lowest BCUT2D eigenvalue weighted by Gasteiger charge is -2.27. The Bertz CT molecular complexity index is 1010. The molecule has 1 saturated heterocycles. The maximum atomic E-state index is 12.6. The first-order valence-electron chi connectivity index (χ1n) is 12.9. The van der Waals surface area contributed by atoms with E-state index in [-0.39, 0.29) is 18.3 Å². The summed E-state index contributed by atoms with van der Waals surface area (Å²) in [5.74, 6) is -0.260. The van der Waals surface area contributed by atoms with E-state index in [1.54, 1.807) is 19.1 Å². The molecule has 2 fully saturated rings. The number of ether oxygens (including phenoxy) is 2. The van der Waals surface area contributed by atoms with Gasteiger partial charge in [-0.05, 0) is 43.2 Å². The van der Waals surface area contributed by atoms with Crippen LogP contribution in [0.1, 0.15) is 77.6 Å². The number of aliphatic hydroxyl groups excluding tert-OH is 2. The highest BCUT2D eigenvalue weighted by molar-refractivity contribution is 5.99. The average molecular weight is 521 g/mol. The lowest BCUT2D eigenvalue weighted by atomic mass is 9.87. The molecule has 1 aliphatic heterocycles. The number of carbonyl (C=O) groups is 2. The number of nitrogens with two attached hydrogens (primary N) is 2. The van der Waals surface area contributed by atoms with Gasteiger partial charge < -0.3 is 36.1 Å². The molecule has 11 heteroatoms. The summed E-state index contributed by atoms with van der Waals surface area (Å²) < 4.78 is 11.3. The summed E-state index contributed by atoms with van der Waals surface area (Å²) in [6, 6.07) is 2.51. The smallest absolute Gasteiger partial charge is 0.323 e. The molecular weight excluding hydrogens is 478 g/mol. The van der Waals surface area contributed by atoms with Crippen molar-refractivity contribution in [1.82, 2.24) is 4.98 Å². The SMILES string of the molecule is CC(C)(C)[C@H](N)C(=O)OC[C@H]1O[C@@](C)(c2ccc(C(=NC(=O)CC3CCCCC3)[NH+]=CN)[nH]2)[C@H](O)[C@@H]1O. The zero-order chi connectivity index (χ0) is 27.4. The van der Waals surface area contributed by atoms with Gasteiger partial charge in [-0.25, -0.2) is 4.99 Å². The van der Waals surface area contributed by atoms with Crippen LogP contribution < -0.4 is 16.5 Å². The molecule has 0 bridgehead atoms. The van der Waals surface area contributed by atoms with Crippen LogP contribution in [0.15, 0.2) is 17.1 Å². The quantitative estimate of drug-likeness (QED) is 0.159. The number of nitrogens with zero attached hydrogens (tertiary/aromatic N) is 1. The molecule has 8 N–H and O–H groups in total. The summed E-state index contributed by atoms with van der Waals surface area (Å²) in [5.41, 5.74) is 10.6. The number of amides is 1. The molecule has 1 aliphatic carbocycles. The van der Waals surface area contributed by atoms with Gasteiger partial charge in [0.1, 0.15) is 42.3 Å². The van der Waals surface area contributed by atoms with Gasteiger partial charge in [-0.3, -0.25) is 9.59 Å². The van der Waals surface area contributed by atoms with E-state index < -0.39 is 41.3 Å². The number of H-pyrrole nitrogens is 1. The first kappa shape index (κ1) is 29.0. The Morgan fingerprint density at radius 3 is 2.59 bits per heavy atom. The maximum Gasteiger partial charge on any atom is 0.323 e. The molecule has 1 saturated carbocycles. The van der Waals surface area contributed by atoms with Crippen LogP contribution in [0.25, 0.3) is 0 Å². The van der Waals surface area contributed by atoms with Crippen LogP contribution in [0.2, 0.25) is 0 Å². The van der Waals surface area contributed by atoms with E-state index in [1.165, 1.54) is 12.8 Å². The Kier molecular flexibility index (Phi) is 9.27. The number of hydrogen-bond acceptors (Lipinski definition) is 7. The third-order valence-corrected chi connectivity index (χ3v) is 7.36. The van der Waals surface area contributed by atoms with Crippen LogP contribution in [0, 0.1) is 11.3 Å². The highest BCUT2D eigenvalue weighted by Crippen LogP contribution is 2.39. The molecule has 206 valence electrons. The maximum absolute atomic E-state index is 12.6. The molecule has 2 heterocycles. The molecule has 37 heavy (non-hydrogen) atoms. The van der Waals surface area contributed by atoms with Gasteiger partial charge in [0.05, 0.1) is 5.69 Å². The fourth-order valence-electron chi connectivity index (χ4n) is 4.83. The molecule has 1 aromatic heterocycles. The summed E-state index contributed by atoms with van der Waals surface area (Å²) in [5, 5.41) is 21.5. The van der Waals surface area contributed by atoms with E-state index in [2.05, 4.69) is 15.0 Å². The first-order valence-corrected chi connectivity index (χ1v) is 12.9. The van der Waals surface area contributed by atoms with Crippen molar-refractivity contribution in [3.63, 3.8) is 0 Å². The zero-order valence-corrected chi connectivity index (χ0v) is 22.2. The van der Waals surface area contributed by atoms with Gasteiger partial charge in [0.15, 0.2) is 6.34 Å². The number of aromatic nitrogens is 1. The fourth-order valence-corrected chi connectivity index (χ4v) is 4.83. The lowest BCUT2D eigenvalue weighted by molar-refractivity contribution is -0.309. The monoisotopic (exact) mass is 520 g/mol. The highest BCUT2D eigenvalue weighted by atomic mass is 16.6. The second-order valence-corrected chi connectivity index (χ2v) is 11.3. The Morgan fingerprint density at radius 1 is 1.30 bits per heavy atom. The molecule has 0 spiro atoms. The van der Waals surface area contributed by atoms with Crippen LogP contribution in [-0.2, 0) is 24.7 Å². The van der Waals surface area contributed by atoms with Crippen LogP contribution >= 0.6 is 0 Å². The predicted molar refractivity (Wildman–Crippen MR) is 137 cm³/mol. The largest absolute Gasteiger partial charge is 0.462 e. The minimum absolute atomic E-state index is 0.235. The Labute approximate surface area is 217 Å². The zero-order valence-electron chi connectivity index (χ0n) is 22.2. The van der Waals surface area contributed by atoms with Crippen molar-refractivity contribution in [2.75, 3.05) is 6.61 Å². The summed E-state index contributed by atoms with van der Waals surface area (Å²) in [6.45, 7) is 6.81. The molecule has 0 radical (unpaired) electrons. The predicted octanol–water partition coefficient (Wildman–Crippen LogP) is -0.422. The number of aliphatic imine (C=N–C) groups is 1. The van der Waals surface area contributed by atoms with Crippen molar-refractivity contribution >= 4 is 24.1 Å². The molecule has 1 amide bonds. The van der Waals surface area contributed by atoms with Crippen molar-refractivity contribution in [2.24, 2.45) is 27.8 Å². The van der Waals surface area contributed by atoms with Crippen molar-refractivity contribution < 1.29 is 34.3 Å². The molecular formula is C26H42N5O6+. The summed E-state index contributed by atoms with van der Waals surface area (Å²) in [6.07, 6.45) is 3.53. The normalized spacial score (nSPS) is 28.5. The Morgan fingerprint density at radius 2 is 1.97 bits per heavy atom. The molecule has 2 aliphatic rings. The van der Waals surface area contributed by atoms with Gasteiger partial charge >= 0.3 is 11.9 Å². The topological polar surface area (TPSA) is 187 Å². The Balaban J connectivity index is 1.72. The van der Waals surface area contributed by atoms with Crippen molar-refractivity contribution in [2.45, 2.75) is 96.2 Å². The van der Waals surface area contributed by atoms with Gasteiger partial charge in [-0.15, -0.1) is 0 Å². The minimum atomic E-state index is -1.34. The van der Waals surface area contributed by atoms with Gasteiger partial charge in [-0.1, -0.05) is 45.0 Å². The standard InChI is InChI=1S/C26H41N5O6/c1-25(2,3)21(28)24(35)36-13-17-20(33)22(34)26(4,37-17)18-11-10-16(30-18)23(29-14-27)31-19(32)12-15-8-6-5-7-9-15/h10-11,14-15,17,20-22,30,33-34H,5-9,12-13,28H2,1-4H3,(H2,27,29,31,32)/p+1/t17-,20-,21-,22-,26+/m1/s1. The van der Waals surface area contributed by atoms with Crippen LogP contribution in [0.5, 0.6) is 0 Å². The van der Waals surface area contributed by atoms with Crippen LogP contribution in [0.4, 0.5) is 0 Å². The molecule has 11 nitrogen and oxygen atoms in total. The third kappa shape index (κ3) is 6.84. The summed E-state index contributed by atoms with van der Waals surface area (Å²) >= 11 is 0. The van der Waals surface area contributed by atoms with Crippen LogP contribution in [-0.4, -0.2) is 70.2 Å². The van der Waals surface area contributed by atoms with Crippen molar-refractivity contribution in [3.05, 3.63) is 23.5 Å². The molecule has 1 aromatic rings. The van der Waals surface area contributed by atoms with E-state index in [9.17, 15) is 19.8 Å². The number of nitrogens with one attached hydrogen (secondary N) is 2. The summed E-state index contributed by atoms with van der Waals surface area (Å²) in [7, 11) is 0. The second kappa shape index (κ2) is 11.8. The van der Waals surface area contributed by atoms with Gasteiger partial charge in [-0.2, -0.15) is 0 Å². The number of hydrogen-bond donors (Lipinski definition) is 6. The lowest BCUT2D eigenvalue weighted by Crippen LogP contribution is -2.75. The van der Waals surface area contributed by atoms with Crippen molar-refractivity contribution in [3.8, 4) is 0 Å². The minimum Gasteiger partial charge on any atom is -0.462 e. The van der Waals surface area contributed by atoms with Gasteiger partial charge in [0.25, 0.3) is 5.84 Å². The van der Waals surface area contributed by atoms with Gasteiger partial charge in [0.2, 0.25) is 0 Å². The van der Waals surface area contributed by atoms with Gasteiger partial charge in [0, 0.05) is 6.42 Å². The number of amidine groups is 1. The average Bonchev–Trinajstić information content (AvgIpc) is 3.43. The number of aromatic amines is 1. The molecule has 5 atom stereocenters. The van der Waals surface area contributed by atoms with E-state index >= 15 is 0 Å².